The van der Waals surface area contributed by atoms with E-state index in [2.05, 4.69) is 20.4 Å². The maximum Gasteiger partial charge on any atom is 0.306 e. The molecule has 298 valence electrons. The lowest BCUT2D eigenvalue weighted by atomic mass is 9.84. The molecular formula is C42H52N6O8. The first-order valence-corrected chi connectivity index (χ1v) is 18.2. The largest absolute Gasteiger partial charge is 0.505 e. The Bertz CT molecular complexity index is 2200. The molecule has 0 saturated heterocycles. The number of benzene rings is 4. The summed E-state index contributed by atoms with van der Waals surface area (Å²) < 4.78 is 9.65. The summed E-state index contributed by atoms with van der Waals surface area (Å²) in [6.45, 7) is 11.9. The second-order valence-electron chi connectivity index (χ2n) is 15.0. The summed E-state index contributed by atoms with van der Waals surface area (Å²) in [4.78, 5) is 26.2. The quantitative estimate of drug-likeness (QED) is 0.118. The molecule has 56 heavy (non-hydrogen) atoms. The predicted molar refractivity (Wildman–Crippen MR) is 213 cm³/mol. The highest BCUT2D eigenvalue weighted by molar-refractivity contribution is 5.75. The lowest BCUT2D eigenvalue weighted by Gasteiger charge is -2.23. The van der Waals surface area contributed by atoms with E-state index in [1.165, 1.54) is 16.7 Å². The van der Waals surface area contributed by atoms with Crippen LogP contribution >= 0.6 is 0 Å². The zero-order valence-corrected chi connectivity index (χ0v) is 33.3. The highest BCUT2D eigenvalue weighted by Gasteiger charge is 2.25. The first kappa shape index (κ1) is 42.9. The number of fused-ring (bicyclic) bond motifs is 2. The third-order valence-electron chi connectivity index (χ3n) is 8.74. The Labute approximate surface area is 326 Å². The van der Waals surface area contributed by atoms with Crippen molar-refractivity contribution in [2.75, 3.05) is 27.4 Å². The van der Waals surface area contributed by atoms with Crippen LogP contribution in [-0.4, -0.2) is 89.8 Å². The molecule has 0 aliphatic rings. The molecule has 0 amide bonds. The van der Waals surface area contributed by atoms with Gasteiger partial charge >= 0.3 is 11.9 Å². The SMILES string of the molecule is CC(C)(C)c1cc(CCC(=O)OCCO)cc(-n2nc3ccccc3n2)c1O.CO.COC(=O)CCc1cc(-n2nc3ccccc3n2)c(O)c(C(C)(C)C)c1. The second-order valence-corrected chi connectivity index (χ2v) is 15.0. The smallest absolute Gasteiger partial charge is 0.306 e. The molecular weight excluding hydrogens is 716 g/mol. The maximum absolute atomic E-state index is 11.8. The van der Waals surface area contributed by atoms with Crippen LogP contribution in [0.25, 0.3) is 33.4 Å². The van der Waals surface area contributed by atoms with Crippen LogP contribution in [0.5, 0.6) is 11.5 Å². The van der Waals surface area contributed by atoms with Gasteiger partial charge in [0.25, 0.3) is 0 Å². The summed E-state index contributed by atoms with van der Waals surface area (Å²) in [7, 11) is 2.38. The Balaban J connectivity index is 0.000000239. The number of aliphatic hydroxyl groups excluding tert-OH is 2. The summed E-state index contributed by atoms with van der Waals surface area (Å²) >= 11 is 0. The number of nitrogens with zero attached hydrogens (tertiary/aromatic N) is 6. The highest BCUT2D eigenvalue weighted by atomic mass is 16.5. The number of aromatic hydroxyl groups is 2. The molecule has 14 nitrogen and oxygen atoms in total. The molecule has 14 heteroatoms. The van der Waals surface area contributed by atoms with Crippen LogP contribution in [0.2, 0.25) is 0 Å². The first-order chi connectivity index (χ1) is 26.6. The van der Waals surface area contributed by atoms with Crippen molar-refractivity contribution < 1.29 is 39.5 Å². The number of esters is 2. The van der Waals surface area contributed by atoms with E-state index in [4.69, 9.17) is 19.7 Å². The van der Waals surface area contributed by atoms with E-state index in [9.17, 15) is 19.8 Å². The van der Waals surface area contributed by atoms with Crippen LogP contribution in [-0.2, 0) is 42.7 Å². The fourth-order valence-corrected chi connectivity index (χ4v) is 5.85. The van der Waals surface area contributed by atoms with Gasteiger partial charge in [0.2, 0.25) is 0 Å². The molecule has 0 radical (unpaired) electrons. The molecule has 0 bridgehead atoms. The van der Waals surface area contributed by atoms with Crippen LogP contribution in [0.1, 0.15) is 76.6 Å². The number of phenolic OH excluding ortho intramolecular Hbond substituents is 2. The molecule has 0 fully saturated rings. The molecule has 0 aliphatic carbocycles. The number of hydrogen-bond acceptors (Lipinski definition) is 12. The standard InChI is InChI=1S/C21H25N3O4.C20H23N3O3.CH4O/c1-21(2,3)15-12-14(8-9-19(26)28-11-10-25)13-18(20(15)27)24-22-16-6-4-5-7-17(16)23-24;1-20(2,3)14-11-13(9-10-18(24)26-4)12-17(19(14)25)23-21-15-7-5-6-8-16(15)22-23;1-2/h4-7,12-13,25,27H,8-11H2,1-3H3;5-8,11-12,25H,9-10H2,1-4H3;2H,1H3. The lowest BCUT2D eigenvalue weighted by Crippen LogP contribution is -2.15. The van der Waals surface area contributed by atoms with Crippen LogP contribution in [0.3, 0.4) is 0 Å². The molecule has 2 aromatic heterocycles. The van der Waals surface area contributed by atoms with Gasteiger partial charge in [-0.3, -0.25) is 9.59 Å². The van der Waals surface area contributed by atoms with Crippen molar-refractivity contribution in [3.63, 3.8) is 0 Å². The minimum absolute atomic E-state index is 0.00328. The molecule has 2 heterocycles. The Hall–Kier alpha value is -5.86. The van der Waals surface area contributed by atoms with Gasteiger partial charge in [-0.1, -0.05) is 77.9 Å². The number of ether oxygens (including phenoxy) is 2. The fourth-order valence-electron chi connectivity index (χ4n) is 5.85. The van der Waals surface area contributed by atoms with Crippen molar-refractivity contribution in [1.82, 2.24) is 30.0 Å². The average Bonchev–Trinajstić information content (AvgIpc) is 3.81. The number of carbonyl (C=O) groups excluding carboxylic acids is 2. The highest BCUT2D eigenvalue weighted by Crippen LogP contribution is 2.38. The van der Waals surface area contributed by atoms with Gasteiger partial charge in [-0.2, -0.15) is 0 Å². The Morgan fingerprint density at radius 1 is 0.625 bits per heavy atom. The summed E-state index contributed by atoms with van der Waals surface area (Å²) in [5.74, 6) is -0.358. The van der Waals surface area contributed by atoms with E-state index < -0.39 is 0 Å². The minimum Gasteiger partial charge on any atom is -0.505 e. The van der Waals surface area contributed by atoms with Gasteiger partial charge in [0, 0.05) is 31.1 Å². The molecule has 6 aromatic rings. The monoisotopic (exact) mass is 768 g/mol. The molecule has 4 aromatic carbocycles. The van der Waals surface area contributed by atoms with Gasteiger partial charge in [0.15, 0.2) is 0 Å². The van der Waals surface area contributed by atoms with E-state index in [-0.39, 0.29) is 60.3 Å². The fraction of sp³-hybridized carbons (Fsp3) is 0.381. The lowest BCUT2D eigenvalue weighted by molar-refractivity contribution is -0.144. The third kappa shape index (κ3) is 10.7. The molecule has 0 atom stereocenters. The van der Waals surface area contributed by atoms with Crippen molar-refractivity contribution in [3.8, 4) is 22.9 Å². The molecule has 0 spiro atoms. The Morgan fingerprint density at radius 3 is 1.30 bits per heavy atom. The number of rotatable bonds is 10. The van der Waals surface area contributed by atoms with Crippen molar-refractivity contribution in [3.05, 3.63) is 95.1 Å². The Kier molecular flexibility index (Phi) is 14.3. The number of phenols is 2. The van der Waals surface area contributed by atoms with E-state index in [0.717, 1.165) is 51.4 Å². The Morgan fingerprint density at radius 2 is 0.982 bits per heavy atom. The van der Waals surface area contributed by atoms with Gasteiger partial charge in [0.05, 0.1) is 13.7 Å². The number of methoxy groups -OCH3 is 1. The van der Waals surface area contributed by atoms with Crippen molar-refractivity contribution in [1.29, 1.82) is 0 Å². The van der Waals surface area contributed by atoms with Gasteiger partial charge in [0.1, 0.15) is 51.5 Å². The zero-order chi connectivity index (χ0) is 41.2. The molecule has 4 N–H and O–H groups in total. The average molecular weight is 769 g/mol. The predicted octanol–water partition coefficient (Wildman–Crippen LogP) is 6.03. The summed E-state index contributed by atoms with van der Waals surface area (Å²) in [5.41, 5.74) is 6.72. The summed E-state index contributed by atoms with van der Waals surface area (Å²) in [5, 5.41) is 55.4. The first-order valence-electron chi connectivity index (χ1n) is 18.2. The molecule has 0 saturated carbocycles. The third-order valence-corrected chi connectivity index (χ3v) is 8.74. The molecule has 6 rings (SSSR count). The van der Waals surface area contributed by atoms with E-state index in [1.54, 1.807) is 6.07 Å². The minimum atomic E-state index is -0.371. The number of aliphatic hydroxyl groups is 2. The second kappa shape index (κ2) is 18.7. The van der Waals surface area contributed by atoms with Crippen molar-refractivity contribution in [2.24, 2.45) is 0 Å². The topological polar surface area (TPSA) is 195 Å². The normalized spacial score (nSPS) is 11.4. The van der Waals surface area contributed by atoms with Crippen LogP contribution in [0.15, 0.2) is 72.8 Å². The van der Waals surface area contributed by atoms with Crippen molar-refractivity contribution >= 4 is 34.0 Å². The molecule has 0 aliphatic heterocycles. The van der Waals surface area contributed by atoms with Crippen LogP contribution < -0.4 is 0 Å². The van der Waals surface area contributed by atoms with Crippen molar-refractivity contribution in [2.45, 2.75) is 78.1 Å². The number of carbonyl (C=O) groups is 2. The van der Waals surface area contributed by atoms with E-state index >= 15 is 0 Å². The summed E-state index contributed by atoms with van der Waals surface area (Å²) in [6.07, 6.45) is 1.42. The summed E-state index contributed by atoms with van der Waals surface area (Å²) in [6, 6.07) is 22.5. The van der Waals surface area contributed by atoms with Gasteiger partial charge < -0.3 is 29.9 Å². The molecule has 0 unspecified atom stereocenters. The van der Waals surface area contributed by atoms with Crippen LogP contribution in [0, 0.1) is 0 Å². The van der Waals surface area contributed by atoms with Crippen LogP contribution in [0.4, 0.5) is 0 Å². The number of hydrogen-bond donors (Lipinski definition) is 4. The van der Waals surface area contributed by atoms with Gasteiger partial charge in [-0.05, 0) is 71.2 Å². The zero-order valence-electron chi connectivity index (χ0n) is 33.3. The van der Waals surface area contributed by atoms with Gasteiger partial charge in [-0.25, -0.2) is 0 Å². The number of aryl methyl sites for hydroxylation is 2. The van der Waals surface area contributed by atoms with E-state index in [1.807, 2.05) is 108 Å². The van der Waals surface area contributed by atoms with E-state index in [0.29, 0.717) is 24.2 Å². The maximum atomic E-state index is 11.8. The number of aromatic nitrogens is 6. The van der Waals surface area contributed by atoms with Gasteiger partial charge in [-0.15, -0.1) is 30.0 Å².